The number of nitrogens with one attached hydrogen (secondary N) is 1. The summed E-state index contributed by atoms with van der Waals surface area (Å²) in [4.78, 5) is 0. The molecule has 1 heterocycles. The van der Waals surface area contributed by atoms with E-state index < -0.39 is 0 Å². The molecule has 3 nitrogen and oxygen atoms in total. The van der Waals surface area contributed by atoms with Crippen LogP contribution < -0.4 is 5.32 Å². The topological polar surface area (TPSA) is 30.5 Å². The first-order valence-corrected chi connectivity index (χ1v) is 6.28. The van der Waals surface area contributed by atoms with Gasteiger partial charge in [0.05, 0.1) is 6.61 Å². The number of rotatable bonds is 5. The van der Waals surface area contributed by atoms with Gasteiger partial charge in [-0.3, -0.25) is 0 Å². The van der Waals surface area contributed by atoms with Crippen LogP contribution in [0.25, 0.3) is 0 Å². The predicted molar refractivity (Wildman–Crippen MR) is 69.2 cm³/mol. The first kappa shape index (κ1) is 12.4. The molecule has 0 saturated carbocycles. The summed E-state index contributed by atoms with van der Waals surface area (Å²) in [6.45, 7) is 3.56. The van der Waals surface area contributed by atoms with Crippen molar-refractivity contribution in [3.8, 4) is 0 Å². The van der Waals surface area contributed by atoms with Gasteiger partial charge in [0.25, 0.3) is 0 Å². The van der Waals surface area contributed by atoms with Gasteiger partial charge in [0, 0.05) is 32.6 Å². The molecule has 1 aromatic carbocycles. The molecule has 94 valence electrons. The Morgan fingerprint density at radius 2 is 1.94 bits per heavy atom. The molecule has 0 atom stereocenters. The van der Waals surface area contributed by atoms with Gasteiger partial charge < -0.3 is 14.8 Å². The Bertz CT molecular complexity index is 317. The van der Waals surface area contributed by atoms with Crippen molar-refractivity contribution in [2.24, 2.45) is 5.92 Å². The van der Waals surface area contributed by atoms with Gasteiger partial charge in [-0.15, -0.1) is 0 Å². The van der Waals surface area contributed by atoms with Crippen LogP contribution in [-0.2, 0) is 16.1 Å². The summed E-state index contributed by atoms with van der Waals surface area (Å²) in [6.07, 6.45) is 2.35. The summed E-state index contributed by atoms with van der Waals surface area (Å²) in [6, 6.07) is 8.45. The fourth-order valence-corrected chi connectivity index (χ4v) is 2.10. The number of methoxy groups -OCH3 is 1. The largest absolute Gasteiger partial charge is 0.385 e. The molecule has 1 aromatic rings. The third kappa shape index (κ3) is 4.02. The Hall–Kier alpha value is -1.06. The van der Waals surface area contributed by atoms with Crippen LogP contribution >= 0.6 is 0 Å². The second-order valence-electron chi connectivity index (χ2n) is 4.57. The van der Waals surface area contributed by atoms with E-state index in [1.165, 1.54) is 24.1 Å². The van der Waals surface area contributed by atoms with Gasteiger partial charge in [-0.25, -0.2) is 0 Å². The maximum Gasteiger partial charge on any atom is 0.0713 e. The third-order valence-electron chi connectivity index (χ3n) is 3.20. The van der Waals surface area contributed by atoms with Crippen LogP contribution in [0.15, 0.2) is 24.3 Å². The molecule has 0 amide bonds. The summed E-state index contributed by atoms with van der Waals surface area (Å²) in [5, 5.41) is 3.49. The molecule has 3 heteroatoms. The highest BCUT2D eigenvalue weighted by Crippen LogP contribution is 2.16. The second-order valence-corrected chi connectivity index (χ2v) is 4.57. The van der Waals surface area contributed by atoms with E-state index in [1.807, 2.05) is 0 Å². The van der Waals surface area contributed by atoms with Crippen LogP contribution in [0, 0.1) is 5.92 Å². The Balaban J connectivity index is 1.77. The van der Waals surface area contributed by atoms with Crippen LogP contribution in [0.1, 0.15) is 18.4 Å². The fraction of sp³-hybridized carbons (Fsp3) is 0.571. The van der Waals surface area contributed by atoms with Gasteiger partial charge in [-0.2, -0.15) is 0 Å². The number of benzene rings is 1. The second kappa shape index (κ2) is 6.62. The Labute approximate surface area is 103 Å². The fourth-order valence-electron chi connectivity index (χ4n) is 2.10. The zero-order valence-corrected chi connectivity index (χ0v) is 10.4. The standard InChI is InChI=1S/C14H21NO2/c1-16-11-13-2-4-14(5-3-13)15-10-12-6-8-17-9-7-12/h2-5,12,15H,6-11H2,1H3. The molecule has 17 heavy (non-hydrogen) atoms. The predicted octanol–water partition coefficient (Wildman–Crippen LogP) is 2.67. The normalized spacial score (nSPS) is 17.0. The van der Waals surface area contributed by atoms with Crippen molar-refractivity contribution < 1.29 is 9.47 Å². The summed E-state index contributed by atoms with van der Waals surface area (Å²) in [5.41, 5.74) is 2.40. The lowest BCUT2D eigenvalue weighted by atomic mass is 10.0. The van der Waals surface area contributed by atoms with Gasteiger partial charge in [0.1, 0.15) is 0 Å². The lowest BCUT2D eigenvalue weighted by Crippen LogP contribution is -2.22. The smallest absolute Gasteiger partial charge is 0.0713 e. The molecule has 0 unspecified atom stereocenters. The quantitative estimate of drug-likeness (QED) is 0.851. The van der Waals surface area contributed by atoms with Gasteiger partial charge in [0.2, 0.25) is 0 Å². The van der Waals surface area contributed by atoms with Crippen LogP contribution in [0.4, 0.5) is 5.69 Å². The molecule has 1 aliphatic heterocycles. The van der Waals surface area contributed by atoms with Crippen LogP contribution in [0.3, 0.4) is 0 Å². The monoisotopic (exact) mass is 235 g/mol. The van der Waals surface area contributed by atoms with Crippen LogP contribution in [0.5, 0.6) is 0 Å². The number of ether oxygens (including phenoxy) is 2. The summed E-state index contributed by atoms with van der Waals surface area (Å²) < 4.78 is 10.4. The van der Waals surface area contributed by atoms with Crippen molar-refractivity contribution in [3.05, 3.63) is 29.8 Å². The minimum absolute atomic E-state index is 0.681. The average molecular weight is 235 g/mol. The molecule has 0 aliphatic carbocycles. The molecule has 0 spiro atoms. The highest BCUT2D eigenvalue weighted by atomic mass is 16.5. The van der Waals surface area contributed by atoms with E-state index in [9.17, 15) is 0 Å². The lowest BCUT2D eigenvalue weighted by Gasteiger charge is -2.22. The van der Waals surface area contributed by atoms with Crippen molar-refractivity contribution in [3.63, 3.8) is 0 Å². The average Bonchev–Trinajstić information content (AvgIpc) is 2.40. The molecular weight excluding hydrogens is 214 g/mol. The highest BCUT2D eigenvalue weighted by molar-refractivity contribution is 5.44. The van der Waals surface area contributed by atoms with Crippen LogP contribution in [0.2, 0.25) is 0 Å². The van der Waals surface area contributed by atoms with E-state index in [0.717, 1.165) is 25.7 Å². The summed E-state index contributed by atoms with van der Waals surface area (Å²) >= 11 is 0. The van der Waals surface area contributed by atoms with Crippen molar-refractivity contribution in [1.29, 1.82) is 0 Å². The molecule has 0 radical (unpaired) electrons. The molecule has 1 fully saturated rings. The van der Waals surface area contributed by atoms with Gasteiger partial charge in [0.15, 0.2) is 0 Å². The zero-order valence-electron chi connectivity index (χ0n) is 10.4. The third-order valence-corrected chi connectivity index (χ3v) is 3.20. The van der Waals surface area contributed by atoms with Crippen molar-refractivity contribution in [2.45, 2.75) is 19.4 Å². The maximum atomic E-state index is 5.35. The minimum atomic E-state index is 0.681. The molecule has 1 saturated heterocycles. The molecular formula is C14H21NO2. The summed E-state index contributed by atoms with van der Waals surface area (Å²) in [7, 11) is 1.72. The van der Waals surface area contributed by atoms with Crippen molar-refractivity contribution in [2.75, 3.05) is 32.2 Å². The van der Waals surface area contributed by atoms with Gasteiger partial charge in [-0.05, 0) is 36.5 Å². The van der Waals surface area contributed by atoms with E-state index in [0.29, 0.717) is 6.61 Å². The number of hydrogen-bond acceptors (Lipinski definition) is 3. The van der Waals surface area contributed by atoms with E-state index >= 15 is 0 Å². The molecule has 1 aliphatic rings. The number of hydrogen-bond donors (Lipinski definition) is 1. The van der Waals surface area contributed by atoms with Crippen molar-refractivity contribution >= 4 is 5.69 Å². The summed E-state index contributed by atoms with van der Waals surface area (Å²) in [5.74, 6) is 0.752. The molecule has 1 N–H and O–H groups in total. The first-order chi connectivity index (χ1) is 8.38. The SMILES string of the molecule is COCc1ccc(NCC2CCOCC2)cc1. The van der Waals surface area contributed by atoms with Crippen molar-refractivity contribution in [1.82, 2.24) is 0 Å². The van der Waals surface area contributed by atoms with E-state index in [-0.39, 0.29) is 0 Å². The maximum absolute atomic E-state index is 5.35. The Morgan fingerprint density at radius 1 is 1.24 bits per heavy atom. The number of anilines is 1. The van der Waals surface area contributed by atoms with E-state index in [4.69, 9.17) is 9.47 Å². The minimum Gasteiger partial charge on any atom is -0.385 e. The zero-order chi connectivity index (χ0) is 11.9. The highest BCUT2D eigenvalue weighted by Gasteiger charge is 2.12. The molecule has 0 bridgehead atoms. The van der Waals surface area contributed by atoms with Gasteiger partial charge >= 0.3 is 0 Å². The van der Waals surface area contributed by atoms with Crippen LogP contribution in [-0.4, -0.2) is 26.9 Å². The Kier molecular flexibility index (Phi) is 4.83. The van der Waals surface area contributed by atoms with E-state index in [2.05, 4.69) is 29.6 Å². The van der Waals surface area contributed by atoms with E-state index in [1.54, 1.807) is 7.11 Å². The van der Waals surface area contributed by atoms with Gasteiger partial charge in [-0.1, -0.05) is 12.1 Å². The molecule has 0 aromatic heterocycles. The first-order valence-electron chi connectivity index (χ1n) is 6.28. The Morgan fingerprint density at radius 3 is 2.59 bits per heavy atom. The lowest BCUT2D eigenvalue weighted by molar-refractivity contribution is 0.0699. The molecule has 2 rings (SSSR count).